The average molecular weight is 403 g/mol. The molecule has 7 nitrogen and oxygen atoms in total. The van der Waals surface area contributed by atoms with Crippen LogP contribution in [0.1, 0.15) is 34.6 Å². The normalized spacial score (nSPS) is 14.5. The second-order valence-electron chi connectivity index (χ2n) is 7.69. The fourth-order valence-corrected chi connectivity index (χ4v) is 3.75. The summed E-state index contributed by atoms with van der Waals surface area (Å²) in [7, 11) is 0. The van der Waals surface area contributed by atoms with Crippen LogP contribution in [0.25, 0.3) is 5.69 Å². The summed E-state index contributed by atoms with van der Waals surface area (Å²) < 4.78 is 1.78. The van der Waals surface area contributed by atoms with Gasteiger partial charge in [0.2, 0.25) is 5.91 Å². The van der Waals surface area contributed by atoms with E-state index in [1.165, 1.54) is 0 Å². The van der Waals surface area contributed by atoms with Gasteiger partial charge in [-0.3, -0.25) is 9.59 Å². The standard InChI is InChI=1S/C23H25N5O2/c1-16-8-11-24-21(14-16)25-22(29)18-9-12-27(13-10-18)23(30)20-15-17(2)28(26-20)19-6-4-3-5-7-19/h3-8,11,14-15,18H,9-10,12-13H2,1-2H3,(H,24,25,29). The van der Waals surface area contributed by atoms with Gasteiger partial charge in [0.1, 0.15) is 5.82 Å². The quantitative estimate of drug-likeness (QED) is 0.724. The Morgan fingerprint density at radius 2 is 1.77 bits per heavy atom. The number of nitrogens with zero attached hydrogens (tertiary/aromatic N) is 4. The van der Waals surface area contributed by atoms with Crippen molar-refractivity contribution in [3.05, 3.63) is 71.7 Å². The Bertz CT molecular complexity index is 1050. The summed E-state index contributed by atoms with van der Waals surface area (Å²) in [6.07, 6.45) is 2.94. The summed E-state index contributed by atoms with van der Waals surface area (Å²) in [4.78, 5) is 31.5. The topological polar surface area (TPSA) is 80.1 Å². The first-order chi connectivity index (χ1) is 14.5. The first-order valence-electron chi connectivity index (χ1n) is 10.2. The number of hydrogen-bond acceptors (Lipinski definition) is 4. The highest BCUT2D eigenvalue weighted by atomic mass is 16.2. The van der Waals surface area contributed by atoms with Crippen molar-refractivity contribution in [1.29, 1.82) is 0 Å². The van der Waals surface area contributed by atoms with E-state index in [9.17, 15) is 9.59 Å². The molecular weight excluding hydrogens is 378 g/mol. The zero-order valence-corrected chi connectivity index (χ0v) is 17.2. The number of para-hydroxylation sites is 1. The Hall–Kier alpha value is -3.48. The third-order valence-electron chi connectivity index (χ3n) is 5.43. The van der Waals surface area contributed by atoms with Gasteiger partial charge >= 0.3 is 0 Å². The highest BCUT2D eigenvalue weighted by Gasteiger charge is 2.29. The number of likely N-dealkylation sites (tertiary alicyclic amines) is 1. The number of anilines is 1. The van der Waals surface area contributed by atoms with Crippen molar-refractivity contribution in [2.75, 3.05) is 18.4 Å². The third-order valence-corrected chi connectivity index (χ3v) is 5.43. The van der Waals surface area contributed by atoms with Gasteiger partial charge in [-0.25, -0.2) is 9.67 Å². The number of hydrogen-bond donors (Lipinski definition) is 1. The predicted octanol–water partition coefficient (Wildman–Crippen LogP) is 3.38. The fraction of sp³-hybridized carbons (Fsp3) is 0.304. The second-order valence-corrected chi connectivity index (χ2v) is 7.69. The molecule has 30 heavy (non-hydrogen) atoms. The number of amides is 2. The van der Waals surface area contributed by atoms with Crippen LogP contribution < -0.4 is 5.32 Å². The lowest BCUT2D eigenvalue weighted by Crippen LogP contribution is -2.41. The monoisotopic (exact) mass is 403 g/mol. The molecule has 1 aliphatic rings. The molecular formula is C23H25N5O2. The Labute approximate surface area is 175 Å². The smallest absolute Gasteiger partial charge is 0.274 e. The highest BCUT2D eigenvalue weighted by molar-refractivity contribution is 5.94. The van der Waals surface area contributed by atoms with E-state index in [-0.39, 0.29) is 17.7 Å². The van der Waals surface area contributed by atoms with E-state index in [0.29, 0.717) is 37.4 Å². The molecule has 2 aromatic heterocycles. The molecule has 1 saturated heterocycles. The molecule has 7 heteroatoms. The van der Waals surface area contributed by atoms with Gasteiger partial charge in [0.25, 0.3) is 5.91 Å². The summed E-state index contributed by atoms with van der Waals surface area (Å²) in [6.45, 7) is 4.97. The molecule has 1 aromatic carbocycles. The first kappa shape index (κ1) is 19.8. The Balaban J connectivity index is 1.37. The minimum absolute atomic E-state index is 0.0376. The van der Waals surface area contributed by atoms with Gasteiger partial charge in [0.15, 0.2) is 5.69 Å². The number of pyridine rings is 1. The van der Waals surface area contributed by atoms with Crippen molar-refractivity contribution < 1.29 is 9.59 Å². The average Bonchev–Trinajstić information content (AvgIpc) is 3.15. The second kappa shape index (κ2) is 8.49. The van der Waals surface area contributed by atoms with Crippen molar-refractivity contribution in [2.24, 2.45) is 5.92 Å². The van der Waals surface area contributed by atoms with Crippen LogP contribution in [0, 0.1) is 19.8 Å². The van der Waals surface area contributed by atoms with Gasteiger partial charge in [-0.2, -0.15) is 5.10 Å². The van der Waals surface area contributed by atoms with Crippen LogP contribution in [0.5, 0.6) is 0 Å². The van der Waals surface area contributed by atoms with Crippen molar-refractivity contribution in [3.63, 3.8) is 0 Å². The van der Waals surface area contributed by atoms with E-state index in [1.54, 1.807) is 15.8 Å². The van der Waals surface area contributed by atoms with Gasteiger partial charge in [-0.15, -0.1) is 0 Å². The molecule has 0 radical (unpaired) electrons. The maximum atomic E-state index is 12.9. The molecule has 1 fully saturated rings. The molecule has 0 spiro atoms. The lowest BCUT2D eigenvalue weighted by molar-refractivity contribution is -0.121. The zero-order chi connectivity index (χ0) is 21.1. The van der Waals surface area contributed by atoms with Gasteiger partial charge in [-0.1, -0.05) is 18.2 Å². The lowest BCUT2D eigenvalue weighted by atomic mass is 9.95. The molecule has 3 aromatic rings. The van der Waals surface area contributed by atoms with Crippen LogP contribution in [0.2, 0.25) is 0 Å². The number of benzene rings is 1. The maximum absolute atomic E-state index is 12.9. The lowest BCUT2D eigenvalue weighted by Gasteiger charge is -2.30. The van der Waals surface area contributed by atoms with E-state index >= 15 is 0 Å². The van der Waals surface area contributed by atoms with E-state index in [0.717, 1.165) is 16.9 Å². The minimum atomic E-state index is -0.125. The van der Waals surface area contributed by atoms with Gasteiger partial charge in [0, 0.05) is 30.9 Å². The number of nitrogens with one attached hydrogen (secondary N) is 1. The number of aromatic nitrogens is 3. The molecule has 154 valence electrons. The highest BCUT2D eigenvalue weighted by Crippen LogP contribution is 2.21. The Morgan fingerprint density at radius 3 is 2.47 bits per heavy atom. The van der Waals surface area contributed by atoms with Crippen molar-refractivity contribution in [3.8, 4) is 5.69 Å². The number of aryl methyl sites for hydroxylation is 2. The maximum Gasteiger partial charge on any atom is 0.274 e. The van der Waals surface area contributed by atoms with Crippen LogP contribution in [0.3, 0.4) is 0 Å². The summed E-state index contributed by atoms with van der Waals surface area (Å²) in [5.41, 5.74) is 3.31. The van der Waals surface area contributed by atoms with Gasteiger partial charge in [0.05, 0.1) is 5.69 Å². The Morgan fingerprint density at radius 1 is 1.03 bits per heavy atom. The number of piperidine rings is 1. The summed E-state index contributed by atoms with van der Waals surface area (Å²) in [6, 6.07) is 15.3. The third kappa shape index (κ3) is 4.25. The van der Waals surface area contributed by atoms with E-state index in [2.05, 4.69) is 15.4 Å². The SMILES string of the molecule is Cc1ccnc(NC(=O)C2CCN(C(=O)c3cc(C)n(-c4ccccc4)n3)CC2)c1. The molecule has 0 atom stereocenters. The molecule has 0 bridgehead atoms. The molecule has 2 amide bonds. The molecule has 0 saturated carbocycles. The number of carbonyl (C=O) groups is 2. The van der Waals surface area contributed by atoms with Crippen molar-refractivity contribution in [1.82, 2.24) is 19.7 Å². The Kier molecular flexibility index (Phi) is 5.61. The molecule has 1 N–H and O–H groups in total. The van der Waals surface area contributed by atoms with E-state index in [4.69, 9.17) is 0 Å². The minimum Gasteiger partial charge on any atom is -0.337 e. The molecule has 4 rings (SSSR count). The van der Waals surface area contributed by atoms with Crippen LogP contribution in [-0.2, 0) is 4.79 Å². The first-order valence-corrected chi connectivity index (χ1v) is 10.2. The number of carbonyl (C=O) groups excluding carboxylic acids is 2. The molecule has 0 unspecified atom stereocenters. The summed E-state index contributed by atoms with van der Waals surface area (Å²) in [5.74, 6) is 0.316. The molecule has 1 aliphatic heterocycles. The largest absolute Gasteiger partial charge is 0.337 e. The van der Waals surface area contributed by atoms with E-state index in [1.807, 2.05) is 62.4 Å². The van der Waals surface area contributed by atoms with Crippen molar-refractivity contribution >= 4 is 17.6 Å². The van der Waals surface area contributed by atoms with Gasteiger partial charge < -0.3 is 10.2 Å². The summed E-state index contributed by atoms with van der Waals surface area (Å²) in [5, 5.41) is 7.40. The van der Waals surface area contributed by atoms with E-state index < -0.39 is 0 Å². The van der Waals surface area contributed by atoms with Crippen LogP contribution in [-0.4, -0.2) is 44.6 Å². The predicted molar refractivity (Wildman–Crippen MR) is 115 cm³/mol. The van der Waals surface area contributed by atoms with Gasteiger partial charge in [-0.05, 0) is 62.6 Å². The summed E-state index contributed by atoms with van der Waals surface area (Å²) >= 11 is 0. The van der Waals surface area contributed by atoms with Crippen LogP contribution in [0.4, 0.5) is 5.82 Å². The molecule has 0 aliphatic carbocycles. The van der Waals surface area contributed by atoms with Crippen LogP contribution >= 0.6 is 0 Å². The molecule has 3 heterocycles. The zero-order valence-electron chi connectivity index (χ0n) is 17.2. The van der Waals surface area contributed by atoms with Crippen molar-refractivity contribution in [2.45, 2.75) is 26.7 Å². The fourth-order valence-electron chi connectivity index (χ4n) is 3.75. The van der Waals surface area contributed by atoms with Crippen LogP contribution in [0.15, 0.2) is 54.7 Å². The number of rotatable bonds is 4.